The molecule has 0 aliphatic rings. The minimum atomic E-state index is -4.62. The summed E-state index contributed by atoms with van der Waals surface area (Å²) in [5, 5.41) is 4.64. The molecule has 10 heteroatoms. The number of nitrogens with one attached hydrogen (secondary N) is 1. The van der Waals surface area contributed by atoms with Crippen molar-refractivity contribution in [2.75, 3.05) is 0 Å². The second kappa shape index (κ2) is 7.16. The fraction of sp³-hybridized carbons (Fsp3) is 0. The zero-order valence-corrected chi connectivity index (χ0v) is 13.9. The van der Waals surface area contributed by atoms with Crippen molar-refractivity contribution in [3.05, 3.63) is 40.3 Å². The van der Waals surface area contributed by atoms with Crippen LogP contribution in [0.4, 0.5) is 0 Å². The van der Waals surface area contributed by atoms with Gasteiger partial charge >= 0.3 is 29.6 Å². The zero-order valence-electron chi connectivity index (χ0n) is 10.3. The van der Waals surface area contributed by atoms with Crippen LogP contribution in [-0.4, -0.2) is 25.1 Å². The van der Waals surface area contributed by atoms with Crippen LogP contribution in [0.25, 0.3) is 0 Å². The number of nitrogens with zero attached hydrogens (tertiary/aromatic N) is 1. The smallest absolute Gasteiger partial charge is 0.742 e. The monoisotopic (exact) mass is 322 g/mol. The molecule has 0 aromatic carbocycles. The van der Waals surface area contributed by atoms with Crippen molar-refractivity contribution in [1.29, 1.82) is 0 Å². The van der Waals surface area contributed by atoms with Crippen molar-refractivity contribution < 1.29 is 51.7 Å². The summed E-state index contributed by atoms with van der Waals surface area (Å²) in [4.78, 5) is 12.0. The largest absolute Gasteiger partial charge is 1.00 e. The Morgan fingerprint density at radius 3 is 2.70 bits per heavy atom. The first-order valence-corrected chi connectivity index (χ1v) is 7.18. The average molecular weight is 322 g/mol. The van der Waals surface area contributed by atoms with Crippen molar-refractivity contribution in [3.63, 3.8) is 0 Å². The molecule has 0 spiro atoms. The first kappa shape index (κ1) is 17.1. The molecule has 0 radical (unpaired) electrons. The first-order valence-electron chi connectivity index (χ1n) is 4.89. The fourth-order valence-electron chi connectivity index (χ4n) is 1.16. The molecule has 0 bridgehead atoms. The number of thiophene rings is 1. The molecule has 7 nitrogen and oxygen atoms in total. The van der Waals surface area contributed by atoms with Gasteiger partial charge in [0.15, 0.2) is 10.1 Å². The van der Waals surface area contributed by atoms with Gasteiger partial charge in [-0.2, -0.15) is 5.10 Å². The van der Waals surface area contributed by atoms with E-state index >= 15 is 0 Å². The third-order valence-corrected chi connectivity index (χ3v) is 3.53. The average Bonchev–Trinajstić information content (AvgIpc) is 2.99. The van der Waals surface area contributed by atoms with Crippen molar-refractivity contribution in [2.24, 2.45) is 5.10 Å². The summed E-state index contributed by atoms with van der Waals surface area (Å²) in [6, 6.07) is 5.63. The van der Waals surface area contributed by atoms with Gasteiger partial charge in [-0.25, -0.2) is 13.8 Å². The quantitative estimate of drug-likeness (QED) is 0.303. The van der Waals surface area contributed by atoms with E-state index in [1.165, 1.54) is 17.4 Å². The van der Waals surface area contributed by atoms with Gasteiger partial charge in [0.2, 0.25) is 5.09 Å². The number of carbonyl (C=O) groups is 1. The molecule has 100 valence electrons. The number of rotatable bonds is 4. The van der Waals surface area contributed by atoms with Crippen LogP contribution < -0.4 is 35.0 Å². The van der Waals surface area contributed by atoms with E-state index in [0.717, 1.165) is 12.3 Å². The van der Waals surface area contributed by atoms with Crippen LogP contribution in [0.3, 0.4) is 0 Å². The van der Waals surface area contributed by atoms with Crippen LogP contribution >= 0.6 is 11.3 Å². The van der Waals surface area contributed by atoms with E-state index in [1.54, 1.807) is 17.5 Å². The molecule has 2 aromatic heterocycles. The van der Waals surface area contributed by atoms with Crippen LogP contribution in [0, 0.1) is 0 Å². The van der Waals surface area contributed by atoms with Gasteiger partial charge in [0.1, 0.15) is 5.76 Å². The first-order chi connectivity index (χ1) is 8.97. The number of hydrazone groups is 1. The maximum absolute atomic E-state index is 11.5. The Labute approximate surface area is 140 Å². The van der Waals surface area contributed by atoms with Crippen molar-refractivity contribution >= 4 is 33.6 Å². The molecule has 0 aliphatic heterocycles. The number of hydrogen-bond donors (Lipinski definition) is 1. The number of carbonyl (C=O) groups excluding carboxylic acids is 1. The Bertz CT molecular complexity index is 706. The summed E-state index contributed by atoms with van der Waals surface area (Å²) in [6.45, 7) is 0. The third kappa shape index (κ3) is 4.54. The molecule has 0 saturated carbocycles. The number of hydrogen-bond acceptors (Lipinski definition) is 7. The topological polar surface area (TPSA) is 112 Å². The zero-order chi connectivity index (χ0) is 13.9. The van der Waals surface area contributed by atoms with Crippen LogP contribution in [0.5, 0.6) is 0 Å². The van der Waals surface area contributed by atoms with E-state index in [2.05, 4.69) is 10.5 Å². The Morgan fingerprint density at radius 2 is 2.15 bits per heavy atom. The fourth-order valence-corrected chi connectivity index (χ4v) is 2.20. The minimum Gasteiger partial charge on any atom is -0.742 e. The molecule has 1 N–H and O–H groups in total. The molecular weight excluding hydrogens is 315 g/mol. The number of furan rings is 1. The Kier molecular flexibility index (Phi) is 6.11. The van der Waals surface area contributed by atoms with E-state index in [9.17, 15) is 17.8 Å². The summed E-state index contributed by atoms with van der Waals surface area (Å²) in [7, 11) is -4.62. The molecule has 2 heterocycles. The number of amides is 1. The van der Waals surface area contributed by atoms with Gasteiger partial charge in [-0.1, -0.05) is 6.07 Å². The second-order valence-electron chi connectivity index (χ2n) is 3.29. The van der Waals surface area contributed by atoms with Crippen LogP contribution in [0.15, 0.2) is 44.3 Å². The van der Waals surface area contributed by atoms with E-state index in [-0.39, 0.29) is 35.3 Å². The Balaban J connectivity index is 0.00000200. The van der Waals surface area contributed by atoms with Crippen LogP contribution in [0.2, 0.25) is 0 Å². The van der Waals surface area contributed by atoms with Crippen LogP contribution in [-0.2, 0) is 10.1 Å². The molecule has 20 heavy (non-hydrogen) atoms. The predicted molar refractivity (Wildman–Crippen MR) is 66.1 cm³/mol. The van der Waals surface area contributed by atoms with Crippen molar-refractivity contribution in [2.45, 2.75) is 5.09 Å². The van der Waals surface area contributed by atoms with Crippen molar-refractivity contribution in [3.8, 4) is 0 Å². The summed E-state index contributed by atoms with van der Waals surface area (Å²) in [6.07, 6.45) is 1.10. The van der Waals surface area contributed by atoms with Gasteiger partial charge in [0.25, 0.3) is 5.91 Å². The summed E-state index contributed by atoms with van der Waals surface area (Å²) in [5.41, 5.74) is 2.23. The van der Waals surface area contributed by atoms with Gasteiger partial charge < -0.3 is 8.97 Å². The maximum Gasteiger partial charge on any atom is 1.00 e. The van der Waals surface area contributed by atoms with E-state index < -0.39 is 21.1 Å². The summed E-state index contributed by atoms with van der Waals surface area (Å²) < 4.78 is 36.6. The van der Waals surface area contributed by atoms with Gasteiger partial charge in [0, 0.05) is 0 Å². The Morgan fingerprint density at radius 1 is 1.40 bits per heavy atom. The van der Waals surface area contributed by atoms with Gasteiger partial charge in [0.05, 0.1) is 11.1 Å². The van der Waals surface area contributed by atoms with Gasteiger partial charge in [-0.15, -0.1) is 11.3 Å². The van der Waals surface area contributed by atoms with E-state index in [4.69, 9.17) is 4.42 Å². The molecule has 0 atom stereocenters. The Hall–Kier alpha value is -0.970. The second-order valence-corrected chi connectivity index (χ2v) is 5.55. The SMILES string of the molecule is O=C(N/N=C/c1ccc(S(=O)(=O)[O-])o1)c1cccs1.[Na+]. The van der Waals surface area contributed by atoms with E-state index in [0.29, 0.717) is 4.88 Å². The van der Waals surface area contributed by atoms with E-state index in [1.807, 2.05) is 0 Å². The molecular formula is C10H7N2NaO5S2. The predicted octanol–water partition coefficient (Wildman–Crippen LogP) is -1.99. The molecule has 0 fully saturated rings. The molecule has 0 aliphatic carbocycles. The van der Waals surface area contributed by atoms with Gasteiger partial charge in [-0.05, 0) is 23.6 Å². The summed E-state index contributed by atoms with van der Waals surface area (Å²) >= 11 is 1.25. The van der Waals surface area contributed by atoms with Crippen molar-refractivity contribution in [1.82, 2.24) is 5.43 Å². The van der Waals surface area contributed by atoms with Gasteiger partial charge in [-0.3, -0.25) is 4.79 Å². The minimum absolute atomic E-state index is 0. The van der Waals surface area contributed by atoms with Crippen LogP contribution in [0.1, 0.15) is 15.4 Å². The molecule has 0 saturated heterocycles. The third-order valence-electron chi connectivity index (χ3n) is 1.95. The standard InChI is InChI=1S/C10H8N2O5S2.Na/c13-10(8-2-1-5-18-8)12-11-6-7-3-4-9(17-7)19(14,15)16;/h1-6H,(H,12,13)(H,14,15,16);/q;+1/p-1/b11-6+;. The normalized spacial score (nSPS) is 11.2. The molecule has 2 aromatic rings. The maximum atomic E-state index is 11.5. The summed E-state index contributed by atoms with van der Waals surface area (Å²) in [5.74, 6) is -0.351. The molecule has 1 amide bonds. The molecule has 0 unspecified atom stereocenters. The molecule has 2 rings (SSSR count).